The Kier molecular flexibility index (Phi) is 4.60. The van der Waals surface area contributed by atoms with E-state index in [2.05, 4.69) is 4.98 Å². The molecule has 0 bridgehead atoms. The summed E-state index contributed by atoms with van der Waals surface area (Å²) in [7, 11) is 0. The van der Waals surface area contributed by atoms with E-state index in [0.29, 0.717) is 11.5 Å². The van der Waals surface area contributed by atoms with Gasteiger partial charge in [-0.15, -0.1) is 0 Å². The lowest BCUT2D eigenvalue weighted by molar-refractivity contribution is 0.0790. The van der Waals surface area contributed by atoms with Gasteiger partial charge in [-0.2, -0.15) is 0 Å². The zero-order valence-corrected chi connectivity index (χ0v) is 13.6. The number of ether oxygens (including phenoxy) is 1. The maximum atomic E-state index is 12.6. The third-order valence-electron chi connectivity index (χ3n) is 4.05. The van der Waals surface area contributed by atoms with Gasteiger partial charge in [-0.1, -0.05) is 6.07 Å². The first-order valence-corrected chi connectivity index (χ1v) is 8.10. The highest BCUT2D eigenvalue weighted by molar-refractivity contribution is 5.94. The topological polar surface area (TPSA) is 42.4 Å². The van der Waals surface area contributed by atoms with E-state index in [-0.39, 0.29) is 12.0 Å². The van der Waals surface area contributed by atoms with E-state index in [0.717, 1.165) is 31.0 Å². The van der Waals surface area contributed by atoms with Crippen molar-refractivity contribution in [2.75, 3.05) is 13.1 Å². The third-order valence-corrected chi connectivity index (χ3v) is 4.05. The number of nitrogens with zero attached hydrogens (tertiary/aromatic N) is 2. The quantitative estimate of drug-likeness (QED) is 0.868. The largest absolute Gasteiger partial charge is 0.491 e. The first-order valence-electron chi connectivity index (χ1n) is 8.10. The Balaban J connectivity index is 1.65. The molecule has 1 atom stereocenters. The Bertz CT molecular complexity index is 653. The van der Waals surface area contributed by atoms with E-state index in [4.69, 9.17) is 4.74 Å². The van der Waals surface area contributed by atoms with Crippen LogP contribution in [0, 0.1) is 0 Å². The number of pyridine rings is 1. The SMILES string of the molecule is CC(C)Oc1ccc(C(=O)N2CC[C@@H](c3ccccn3)C2)cc1. The summed E-state index contributed by atoms with van der Waals surface area (Å²) in [4.78, 5) is 18.9. The van der Waals surface area contributed by atoms with Gasteiger partial charge in [-0.05, 0) is 56.7 Å². The van der Waals surface area contributed by atoms with Gasteiger partial charge >= 0.3 is 0 Å². The molecule has 1 aliphatic rings. The number of benzene rings is 1. The molecule has 1 aromatic carbocycles. The Morgan fingerprint density at radius 2 is 2.00 bits per heavy atom. The Morgan fingerprint density at radius 1 is 1.22 bits per heavy atom. The van der Waals surface area contributed by atoms with E-state index < -0.39 is 0 Å². The van der Waals surface area contributed by atoms with Crippen molar-refractivity contribution in [3.05, 3.63) is 59.9 Å². The lowest BCUT2D eigenvalue weighted by atomic mass is 10.0. The number of aromatic nitrogens is 1. The Hall–Kier alpha value is -2.36. The molecule has 4 nitrogen and oxygen atoms in total. The van der Waals surface area contributed by atoms with Crippen LogP contribution in [0.3, 0.4) is 0 Å². The summed E-state index contributed by atoms with van der Waals surface area (Å²) in [5.41, 5.74) is 1.78. The highest BCUT2D eigenvalue weighted by Gasteiger charge is 2.28. The molecule has 1 fully saturated rings. The minimum absolute atomic E-state index is 0.0829. The van der Waals surface area contributed by atoms with Crippen LogP contribution >= 0.6 is 0 Å². The summed E-state index contributed by atoms with van der Waals surface area (Å²) < 4.78 is 5.62. The van der Waals surface area contributed by atoms with Crippen molar-refractivity contribution in [2.24, 2.45) is 0 Å². The second-order valence-corrected chi connectivity index (χ2v) is 6.18. The summed E-state index contributed by atoms with van der Waals surface area (Å²) in [6.07, 6.45) is 2.92. The molecule has 0 aliphatic carbocycles. The van der Waals surface area contributed by atoms with E-state index in [1.54, 1.807) is 0 Å². The molecule has 2 heterocycles. The third kappa shape index (κ3) is 3.70. The molecular weight excluding hydrogens is 288 g/mol. The van der Waals surface area contributed by atoms with Crippen LogP contribution in [0.25, 0.3) is 0 Å². The molecule has 0 unspecified atom stereocenters. The van der Waals surface area contributed by atoms with Crippen LogP contribution in [-0.4, -0.2) is 35.0 Å². The number of carbonyl (C=O) groups excluding carboxylic acids is 1. The van der Waals surface area contributed by atoms with Crippen molar-refractivity contribution < 1.29 is 9.53 Å². The summed E-state index contributed by atoms with van der Waals surface area (Å²) in [5, 5.41) is 0. The lowest BCUT2D eigenvalue weighted by Crippen LogP contribution is -2.28. The zero-order chi connectivity index (χ0) is 16.2. The van der Waals surface area contributed by atoms with Crippen molar-refractivity contribution in [3.63, 3.8) is 0 Å². The lowest BCUT2D eigenvalue weighted by Gasteiger charge is -2.17. The van der Waals surface area contributed by atoms with Crippen molar-refractivity contribution in [1.29, 1.82) is 0 Å². The van der Waals surface area contributed by atoms with Crippen LogP contribution in [0.5, 0.6) is 5.75 Å². The predicted molar refractivity (Wildman–Crippen MR) is 89.7 cm³/mol. The highest BCUT2D eigenvalue weighted by Crippen LogP contribution is 2.27. The van der Waals surface area contributed by atoms with Gasteiger partial charge in [0.15, 0.2) is 0 Å². The van der Waals surface area contributed by atoms with Crippen LogP contribution < -0.4 is 4.74 Å². The van der Waals surface area contributed by atoms with Crippen LogP contribution in [0.1, 0.15) is 42.2 Å². The molecule has 1 saturated heterocycles. The summed E-state index contributed by atoms with van der Waals surface area (Å²) in [5.74, 6) is 1.22. The first-order chi connectivity index (χ1) is 11.1. The molecule has 0 spiro atoms. The van der Waals surface area contributed by atoms with Crippen LogP contribution in [-0.2, 0) is 0 Å². The second-order valence-electron chi connectivity index (χ2n) is 6.18. The van der Waals surface area contributed by atoms with Crippen LogP contribution in [0.2, 0.25) is 0 Å². The van der Waals surface area contributed by atoms with E-state index in [1.807, 2.05) is 67.4 Å². The van der Waals surface area contributed by atoms with Gasteiger partial charge in [0.2, 0.25) is 0 Å². The Labute approximate surface area is 137 Å². The maximum absolute atomic E-state index is 12.6. The molecule has 2 aromatic rings. The number of hydrogen-bond acceptors (Lipinski definition) is 3. The van der Waals surface area contributed by atoms with Crippen molar-refractivity contribution >= 4 is 5.91 Å². The molecule has 3 rings (SSSR count). The zero-order valence-electron chi connectivity index (χ0n) is 13.6. The van der Waals surface area contributed by atoms with Gasteiger partial charge in [0.1, 0.15) is 5.75 Å². The fourth-order valence-corrected chi connectivity index (χ4v) is 2.93. The first kappa shape index (κ1) is 15.5. The summed E-state index contributed by atoms with van der Waals surface area (Å²) >= 11 is 0. The second kappa shape index (κ2) is 6.82. The molecule has 0 N–H and O–H groups in total. The monoisotopic (exact) mass is 310 g/mol. The summed E-state index contributed by atoms with van der Waals surface area (Å²) in [6, 6.07) is 13.4. The molecule has 23 heavy (non-hydrogen) atoms. The van der Waals surface area contributed by atoms with Crippen molar-refractivity contribution in [1.82, 2.24) is 9.88 Å². The average molecular weight is 310 g/mol. The highest BCUT2D eigenvalue weighted by atomic mass is 16.5. The minimum Gasteiger partial charge on any atom is -0.491 e. The normalized spacial score (nSPS) is 17.5. The molecule has 1 amide bonds. The van der Waals surface area contributed by atoms with Gasteiger partial charge in [-0.3, -0.25) is 9.78 Å². The standard InChI is InChI=1S/C19H22N2O2/c1-14(2)23-17-8-6-15(7-9-17)19(22)21-12-10-16(13-21)18-5-3-4-11-20-18/h3-9,11,14,16H,10,12-13H2,1-2H3/t16-/m1/s1. The van der Waals surface area contributed by atoms with Crippen molar-refractivity contribution in [3.8, 4) is 5.75 Å². The van der Waals surface area contributed by atoms with Crippen LogP contribution in [0.4, 0.5) is 0 Å². The van der Waals surface area contributed by atoms with E-state index in [9.17, 15) is 4.79 Å². The molecular formula is C19H22N2O2. The Morgan fingerprint density at radius 3 is 2.65 bits per heavy atom. The predicted octanol–water partition coefficient (Wildman–Crippen LogP) is 3.50. The molecule has 120 valence electrons. The smallest absolute Gasteiger partial charge is 0.253 e. The fourth-order valence-electron chi connectivity index (χ4n) is 2.93. The minimum atomic E-state index is 0.0829. The fraction of sp³-hybridized carbons (Fsp3) is 0.368. The molecule has 4 heteroatoms. The maximum Gasteiger partial charge on any atom is 0.253 e. The summed E-state index contributed by atoms with van der Waals surface area (Å²) in [6.45, 7) is 5.49. The van der Waals surface area contributed by atoms with E-state index >= 15 is 0 Å². The van der Waals surface area contributed by atoms with Crippen LogP contribution in [0.15, 0.2) is 48.7 Å². The number of carbonyl (C=O) groups is 1. The van der Waals surface area contributed by atoms with Gasteiger partial charge in [0, 0.05) is 36.5 Å². The van der Waals surface area contributed by atoms with E-state index in [1.165, 1.54) is 0 Å². The number of rotatable bonds is 4. The molecule has 1 aliphatic heterocycles. The molecule has 1 aromatic heterocycles. The van der Waals surface area contributed by atoms with Gasteiger partial charge in [-0.25, -0.2) is 0 Å². The molecule has 0 radical (unpaired) electrons. The number of hydrogen-bond donors (Lipinski definition) is 0. The number of amides is 1. The van der Waals surface area contributed by atoms with Crippen molar-refractivity contribution in [2.45, 2.75) is 32.3 Å². The number of likely N-dealkylation sites (tertiary alicyclic amines) is 1. The average Bonchev–Trinajstić information content (AvgIpc) is 3.05. The van der Waals surface area contributed by atoms with Gasteiger partial charge in [0.25, 0.3) is 5.91 Å². The van der Waals surface area contributed by atoms with Gasteiger partial charge in [0.05, 0.1) is 6.10 Å². The van der Waals surface area contributed by atoms with Gasteiger partial charge < -0.3 is 9.64 Å². The molecule has 0 saturated carbocycles.